The molecule has 0 saturated carbocycles. The molecule has 0 aliphatic carbocycles. The molecule has 0 aliphatic heterocycles. The zero-order valence-corrected chi connectivity index (χ0v) is 35.1. The first-order valence-corrected chi connectivity index (χ1v) is 17.7. The van der Waals surface area contributed by atoms with Gasteiger partial charge in [0.1, 0.15) is 12.7 Å². The van der Waals surface area contributed by atoms with Crippen molar-refractivity contribution in [2.45, 2.75) is 40.5 Å². The van der Waals surface area contributed by atoms with Crippen molar-refractivity contribution < 1.29 is 51.6 Å². The first-order chi connectivity index (χ1) is 25.9. The number of fused-ring (bicyclic) bond motifs is 3. The van der Waals surface area contributed by atoms with E-state index in [-0.39, 0.29) is 42.1 Å². The van der Waals surface area contributed by atoms with Gasteiger partial charge in [-0.3, -0.25) is 0 Å². The summed E-state index contributed by atoms with van der Waals surface area (Å²) in [6.45, 7) is 8.89. The molecule has 0 aliphatic rings. The van der Waals surface area contributed by atoms with Crippen LogP contribution in [0.25, 0.3) is 50.3 Å². The smallest absolute Gasteiger partial charge is 0.503 e. The molecular formula is C45H36N6O2Pt2. The zero-order valence-electron chi connectivity index (χ0n) is 30.6. The predicted octanol–water partition coefficient (Wildman–Crippen LogP) is 10.3. The van der Waals surface area contributed by atoms with Gasteiger partial charge in [0.15, 0.2) is 0 Å². The minimum absolute atomic E-state index is 0. The molecule has 4 aromatic heterocycles. The van der Waals surface area contributed by atoms with Crippen LogP contribution in [0.3, 0.4) is 0 Å². The Balaban J connectivity index is 0.00000257. The Morgan fingerprint density at radius 3 is 1.44 bits per heavy atom. The number of nitrogens with zero attached hydrogens (tertiary/aromatic N) is 6. The fourth-order valence-electron chi connectivity index (χ4n) is 6.66. The fraction of sp³-hybridized carbons (Fsp3) is 0.178. The summed E-state index contributed by atoms with van der Waals surface area (Å²) in [6, 6.07) is 41.5. The van der Waals surface area contributed by atoms with Gasteiger partial charge in [0.25, 0.3) is 0 Å². The zero-order chi connectivity index (χ0) is 36.3. The van der Waals surface area contributed by atoms with Gasteiger partial charge in [-0.1, -0.05) is 75.1 Å². The van der Waals surface area contributed by atoms with Crippen LogP contribution in [0.5, 0.6) is 23.0 Å². The van der Waals surface area contributed by atoms with Crippen molar-refractivity contribution in [2.75, 3.05) is 0 Å². The van der Waals surface area contributed by atoms with Gasteiger partial charge < -0.3 is 24.0 Å². The molecule has 0 amide bonds. The van der Waals surface area contributed by atoms with Gasteiger partial charge in [0, 0.05) is 35.4 Å². The van der Waals surface area contributed by atoms with Gasteiger partial charge in [0.05, 0.1) is 0 Å². The topological polar surface area (TPSA) is 87.8 Å². The summed E-state index contributed by atoms with van der Waals surface area (Å²) in [5.41, 5.74) is 7.14. The van der Waals surface area contributed by atoms with Crippen LogP contribution in [0.2, 0.25) is 0 Å². The molecule has 0 N–H and O–H groups in total. The monoisotopic (exact) mass is 1080 g/mol. The van der Waals surface area contributed by atoms with Crippen molar-refractivity contribution >= 4 is 21.8 Å². The number of benzene rings is 4. The van der Waals surface area contributed by atoms with E-state index in [4.69, 9.17) is 9.47 Å². The van der Waals surface area contributed by atoms with E-state index in [1.807, 2.05) is 77.4 Å². The summed E-state index contributed by atoms with van der Waals surface area (Å²) in [4.78, 5) is 22.3. The van der Waals surface area contributed by atoms with Gasteiger partial charge in [-0.25, -0.2) is 15.0 Å². The first kappa shape index (κ1) is 39.7. The van der Waals surface area contributed by atoms with Crippen molar-refractivity contribution in [1.82, 2.24) is 29.5 Å². The molecule has 0 unspecified atom stereocenters. The summed E-state index contributed by atoms with van der Waals surface area (Å²) in [7, 11) is 0. The summed E-state index contributed by atoms with van der Waals surface area (Å²) in [6.07, 6.45) is 8.17. The Hall–Kier alpha value is -5.03. The van der Waals surface area contributed by atoms with E-state index in [0.29, 0.717) is 40.8 Å². The Kier molecular flexibility index (Phi) is 12.7. The number of ether oxygens (including phenoxy) is 2. The molecule has 55 heavy (non-hydrogen) atoms. The quantitative estimate of drug-likeness (QED) is 0.119. The Morgan fingerprint density at radius 2 is 1.02 bits per heavy atom. The Labute approximate surface area is 350 Å². The molecule has 8 aromatic rings. The second-order valence-corrected chi connectivity index (χ2v) is 13.7. The van der Waals surface area contributed by atoms with Crippen LogP contribution in [0, 0.1) is 36.1 Å². The van der Waals surface area contributed by atoms with E-state index in [2.05, 4.69) is 89.0 Å². The number of aromatic nitrogens is 6. The third kappa shape index (κ3) is 8.77. The van der Waals surface area contributed by atoms with Gasteiger partial charge in [-0.05, 0) is 48.2 Å². The van der Waals surface area contributed by atoms with Crippen LogP contribution >= 0.6 is 0 Å². The average Bonchev–Trinajstić information content (AvgIpc) is 3.50. The first-order valence-electron chi connectivity index (χ1n) is 17.7. The molecule has 4 aromatic carbocycles. The van der Waals surface area contributed by atoms with Crippen LogP contribution in [-0.2, 0) is 55.0 Å². The van der Waals surface area contributed by atoms with Crippen molar-refractivity contribution in [3.05, 3.63) is 145 Å². The molecule has 0 bridgehead atoms. The molecule has 8 rings (SSSR count). The van der Waals surface area contributed by atoms with E-state index in [0.717, 1.165) is 68.3 Å². The average molecular weight is 1080 g/mol. The molecule has 0 atom stereocenters. The molecule has 10 heteroatoms. The van der Waals surface area contributed by atoms with E-state index in [1.54, 1.807) is 12.4 Å². The van der Waals surface area contributed by atoms with Crippen LogP contribution in [0.4, 0.5) is 0 Å². The predicted molar refractivity (Wildman–Crippen MR) is 206 cm³/mol. The standard InChI is InChI=1S/C45H36N6O2.2Pt/c1-29(2)19-33-23-37(52-35-13-9-11-31(21-35)39-15-5-7-17-47-39)25-41-43(33)44-34(20-30(3)4)24-38(26-42(44)51(41)45-49-27-46-28-50-45)53-36-14-10-12-32(22-36)40-16-6-8-18-48-40;;/h5-18,23-24,27-30H,19-20H2,1-4H3;;/q-4;2*+2. The van der Waals surface area contributed by atoms with Crippen LogP contribution in [0.1, 0.15) is 38.8 Å². The third-order valence-corrected chi connectivity index (χ3v) is 8.70. The van der Waals surface area contributed by atoms with E-state index < -0.39 is 0 Å². The second kappa shape index (κ2) is 17.6. The number of hydrogen-bond acceptors (Lipinski definition) is 7. The maximum atomic E-state index is 6.55. The molecule has 0 spiro atoms. The maximum Gasteiger partial charge on any atom is 2.00 e. The summed E-state index contributed by atoms with van der Waals surface area (Å²) < 4.78 is 15.1. The van der Waals surface area contributed by atoms with Gasteiger partial charge in [0.2, 0.25) is 5.95 Å². The largest absolute Gasteiger partial charge is 2.00 e. The number of rotatable bonds is 11. The molecule has 278 valence electrons. The molecule has 8 nitrogen and oxygen atoms in total. The fourth-order valence-corrected chi connectivity index (χ4v) is 6.66. The minimum Gasteiger partial charge on any atom is -0.503 e. The molecule has 4 heterocycles. The van der Waals surface area contributed by atoms with Gasteiger partial charge in [-0.15, -0.1) is 71.8 Å². The minimum atomic E-state index is 0. The van der Waals surface area contributed by atoms with Crippen molar-refractivity contribution in [1.29, 1.82) is 0 Å². The summed E-state index contributed by atoms with van der Waals surface area (Å²) in [5, 5.41) is 2.13. The van der Waals surface area contributed by atoms with Crippen molar-refractivity contribution in [3.63, 3.8) is 0 Å². The van der Waals surface area contributed by atoms with Crippen molar-refractivity contribution in [2.24, 2.45) is 11.8 Å². The second-order valence-electron chi connectivity index (χ2n) is 13.7. The van der Waals surface area contributed by atoms with Crippen molar-refractivity contribution in [3.8, 4) is 51.5 Å². The Morgan fingerprint density at radius 1 is 0.545 bits per heavy atom. The van der Waals surface area contributed by atoms with Gasteiger partial charge >= 0.3 is 42.1 Å². The Bertz CT molecular complexity index is 2370. The molecule has 0 fully saturated rings. The van der Waals surface area contributed by atoms with E-state index in [1.165, 1.54) is 12.7 Å². The number of pyridine rings is 2. The SMILES string of the molecule is CC(C)Cc1cc(Oc2[c-]c(-c3ccccn3)ccc2)[c-]c2c1c1c(CC(C)C)cc(Oc3[c-]c(-c4ccccn4)ccc3)[c-]c1n2-c1ncncn1.[Pt+2].[Pt+2]. The summed E-state index contributed by atoms with van der Waals surface area (Å²) in [5.74, 6) is 3.42. The number of hydrogen-bond donors (Lipinski definition) is 0. The van der Waals surface area contributed by atoms with Crippen LogP contribution < -0.4 is 9.47 Å². The van der Waals surface area contributed by atoms with Gasteiger partial charge in [-0.2, -0.15) is 21.9 Å². The normalized spacial score (nSPS) is 11.1. The maximum absolute atomic E-state index is 6.55. The molecular weight excluding hydrogens is 1050 g/mol. The summed E-state index contributed by atoms with van der Waals surface area (Å²) >= 11 is 0. The van der Waals surface area contributed by atoms with E-state index >= 15 is 0 Å². The van der Waals surface area contributed by atoms with Crippen LogP contribution in [-0.4, -0.2) is 29.5 Å². The third-order valence-electron chi connectivity index (χ3n) is 8.70. The van der Waals surface area contributed by atoms with Crippen LogP contribution in [0.15, 0.2) is 110 Å². The molecule has 0 radical (unpaired) electrons. The molecule has 0 saturated heterocycles. The van der Waals surface area contributed by atoms with E-state index in [9.17, 15) is 0 Å².